The van der Waals surface area contributed by atoms with Gasteiger partial charge in [0.25, 0.3) is 0 Å². The van der Waals surface area contributed by atoms with Crippen molar-refractivity contribution in [3.05, 3.63) is 30.3 Å². The minimum absolute atomic E-state index is 0.281. The Morgan fingerprint density at radius 2 is 2.12 bits per heavy atom. The highest BCUT2D eigenvalue weighted by Crippen LogP contribution is 2.28. The zero-order valence-corrected chi connectivity index (χ0v) is 8.31. The molecule has 16 heavy (non-hydrogen) atoms. The molecule has 0 aliphatic carbocycles. The molecule has 6 heteroatoms. The van der Waals surface area contributed by atoms with Crippen molar-refractivity contribution in [1.29, 1.82) is 0 Å². The van der Waals surface area contributed by atoms with Gasteiger partial charge < -0.3 is 21.3 Å². The van der Waals surface area contributed by atoms with E-state index in [9.17, 15) is 4.79 Å². The van der Waals surface area contributed by atoms with Gasteiger partial charge in [-0.1, -0.05) is 17.3 Å². The quantitative estimate of drug-likeness (QED) is 0.708. The van der Waals surface area contributed by atoms with Crippen molar-refractivity contribution in [3.63, 3.8) is 0 Å². The maximum Gasteiger partial charge on any atom is 0.316 e. The minimum atomic E-state index is -0.639. The Bertz CT molecular complexity index is 521. The van der Waals surface area contributed by atoms with E-state index >= 15 is 0 Å². The summed E-state index contributed by atoms with van der Waals surface area (Å²) >= 11 is 0. The number of hydrogen-bond donors (Lipinski definition) is 3. The van der Waals surface area contributed by atoms with E-state index in [2.05, 4.69) is 10.5 Å². The molecule has 0 saturated heterocycles. The van der Waals surface area contributed by atoms with Crippen LogP contribution in [0.15, 0.2) is 34.9 Å². The number of carbonyl (C=O) groups excluding carboxylic acids is 1. The normalized spacial score (nSPS) is 10.0. The Morgan fingerprint density at radius 1 is 1.38 bits per heavy atom. The Hall–Kier alpha value is -2.50. The van der Waals surface area contributed by atoms with Gasteiger partial charge in [0.2, 0.25) is 0 Å². The van der Waals surface area contributed by atoms with Crippen LogP contribution in [-0.4, -0.2) is 11.2 Å². The fraction of sp³-hybridized carbons (Fsp3) is 0. The van der Waals surface area contributed by atoms with Crippen LogP contribution >= 0.6 is 0 Å². The Morgan fingerprint density at radius 3 is 2.75 bits per heavy atom. The number of rotatable bonds is 2. The van der Waals surface area contributed by atoms with Crippen LogP contribution in [0.25, 0.3) is 11.3 Å². The average molecular weight is 218 g/mol. The summed E-state index contributed by atoms with van der Waals surface area (Å²) < 4.78 is 5.01. The van der Waals surface area contributed by atoms with Gasteiger partial charge in [0.15, 0.2) is 11.6 Å². The third kappa shape index (κ3) is 1.95. The second-order valence-electron chi connectivity index (χ2n) is 3.15. The van der Waals surface area contributed by atoms with Gasteiger partial charge in [0.05, 0.1) is 5.69 Å². The lowest BCUT2D eigenvalue weighted by molar-refractivity contribution is 0.259. The fourth-order valence-electron chi connectivity index (χ4n) is 1.36. The third-order valence-corrected chi connectivity index (χ3v) is 1.98. The second-order valence-corrected chi connectivity index (χ2v) is 3.15. The zero-order chi connectivity index (χ0) is 11.5. The van der Waals surface area contributed by atoms with E-state index < -0.39 is 6.03 Å². The van der Waals surface area contributed by atoms with Gasteiger partial charge in [-0.25, -0.2) is 4.79 Å². The van der Waals surface area contributed by atoms with Crippen LogP contribution in [0.2, 0.25) is 0 Å². The summed E-state index contributed by atoms with van der Waals surface area (Å²) in [7, 11) is 0. The first kappa shape index (κ1) is 10.0. The summed E-state index contributed by atoms with van der Waals surface area (Å²) in [5, 5.41) is 6.06. The van der Waals surface area contributed by atoms with Gasteiger partial charge in [0, 0.05) is 11.6 Å². The van der Waals surface area contributed by atoms with Gasteiger partial charge in [0.1, 0.15) is 0 Å². The van der Waals surface area contributed by atoms with E-state index in [1.54, 1.807) is 30.3 Å². The summed E-state index contributed by atoms with van der Waals surface area (Å²) in [6.45, 7) is 0. The molecule has 82 valence electrons. The number of nitrogens with one attached hydrogen (secondary N) is 1. The summed E-state index contributed by atoms with van der Waals surface area (Å²) in [4.78, 5) is 10.8. The van der Waals surface area contributed by atoms with E-state index in [-0.39, 0.29) is 5.82 Å². The van der Waals surface area contributed by atoms with E-state index in [1.165, 1.54) is 0 Å². The van der Waals surface area contributed by atoms with Gasteiger partial charge in [-0.2, -0.15) is 0 Å². The number of urea groups is 1. The van der Waals surface area contributed by atoms with Crippen LogP contribution in [0.4, 0.5) is 16.3 Å². The molecule has 0 bridgehead atoms. The number of aromatic nitrogens is 1. The van der Waals surface area contributed by atoms with Crippen molar-refractivity contribution in [2.75, 3.05) is 11.1 Å². The van der Waals surface area contributed by atoms with Crippen molar-refractivity contribution < 1.29 is 9.32 Å². The van der Waals surface area contributed by atoms with Crippen LogP contribution in [0.5, 0.6) is 0 Å². The molecule has 1 heterocycles. The Labute approximate surface area is 91.2 Å². The molecular weight excluding hydrogens is 208 g/mol. The molecule has 1 aromatic heterocycles. The lowest BCUT2D eigenvalue weighted by atomic mass is 10.1. The number of primary amides is 1. The van der Waals surface area contributed by atoms with Crippen molar-refractivity contribution in [3.8, 4) is 11.3 Å². The van der Waals surface area contributed by atoms with Crippen LogP contribution in [-0.2, 0) is 0 Å². The lowest BCUT2D eigenvalue weighted by Gasteiger charge is -2.05. The molecule has 0 unspecified atom stereocenters. The molecular formula is C10H10N4O2. The number of benzene rings is 1. The van der Waals surface area contributed by atoms with Crippen molar-refractivity contribution in [2.45, 2.75) is 0 Å². The summed E-state index contributed by atoms with van der Waals surface area (Å²) in [6, 6.07) is 7.99. The smallest absolute Gasteiger partial charge is 0.316 e. The van der Waals surface area contributed by atoms with E-state index in [1.807, 2.05) is 0 Å². The van der Waals surface area contributed by atoms with Crippen LogP contribution in [0.3, 0.4) is 0 Å². The first-order chi connectivity index (χ1) is 7.66. The third-order valence-electron chi connectivity index (χ3n) is 1.98. The highest BCUT2D eigenvalue weighted by atomic mass is 16.5. The van der Waals surface area contributed by atoms with Gasteiger partial charge >= 0.3 is 6.03 Å². The maximum absolute atomic E-state index is 10.8. The number of nitrogen functional groups attached to an aromatic ring is 1. The van der Waals surface area contributed by atoms with Crippen molar-refractivity contribution in [2.24, 2.45) is 5.73 Å². The van der Waals surface area contributed by atoms with Gasteiger partial charge in [-0.15, -0.1) is 0 Å². The molecule has 0 aliphatic rings. The summed E-state index contributed by atoms with van der Waals surface area (Å²) in [5.74, 6) is 0.755. The van der Waals surface area contributed by atoms with Gasteiger partial charge in [-0.3, -0.25) is 0 Å². The molecule has 6 nitrogen and oxygen atoms in total. The standard InChI is InChI=1S/C10H10N4O2/c11-9-5-8(16-14-9)6-3-1-2-4-7(6)13-10(12)15/h1-5H,(H2,11,14)(H3,12,13,15). The van der Waals surface area contributed by atoms with E-state index in [4.69, 9.17) is 16.0 Å². The molecule has 2 amide bonds. The van der Waals surface area contributed by atoms with E-state index in [0.29, 0.717) is 17.0 Å². The molecule has 0 atom stereocenters. The highest BCUT2D eigenvalue weighted by Gasteiger charge is 2.10. The predicted octanol–water partition coefficient (Wildman–Crippen LogP) is 1.41. The number of nitrogens with zero attached hydrogens (tertiary/aromatic N) is 1. The molecule has 2 aromatic rings. The first-order valence-electron chi connectivity index (χ1n) is 4.55. The number of carbonyl (C=O) groups is 1. The molecule has 1 aromatic carbocycles. The largest absolute Gasteiger partial charge is 0.381 e. The topological polar surface area (TPSA) is 107 Å². The molecule has 0 spiro atoms. The van der Waals surface area contributed by atoms with Crippen molar-refractivity contribution in [1.82, 2.24) is 5.16 Å². The van der Waals surface area contributed by atoms with Gasteiger partial charge in [-0.05, 0) is 12.1 Å². The van der Waals surface area contributed by atoms with E-state index in [0.717, 1.165) is 0 Å². The van der Waals surface area contributed by atoms with Crippen LogP contribution < -0.4 is 16.8 Å². The number of anilines is 2. The molecule has 0 saturated carbocycles. The second kappa shape index (κ2) is 3.93. The highest BCUT2D eigenvalue weighted by molar-refractivity contribution is 5.92. The number of amides is 2. The molecule has 2 rings (SSSR count). The number of para-hydroxylation sites is 1. The van der Waals surface area contributed by atoms with Crippen LogP contribution in [0.1, 0.15) is 0 Å². The maximum atomic E-state index is 10.8. The monoisotopic (exact) mass is 218 g/mol. The minimum Gasteiger partial charge on any atom is -0.381 e. The number of nitrogens with two attached hydrogens (primary N) is 2. The Kier molecular flexibility index (Phi) is 2.47. The molecule has 0 radical (unpaired) electrons. The molecule has 0 aliphatic heterocycles. The fourth-order valence-corrected chi connectivity index (χ4v) is 1.36. The van der Waals surface area contributed by atoms with Crippen molar-refractivity contribution >= 4 is 17.5 Å². The zero-order valence-electron chi connectivity index (χ0n) is 8.31. The predicted molar refractivity (Wildman–Crippen MR) is 59.6 cm³/mol. The average Bonchev–Trinajstić information content (AvgIpc) is 2.65. The summed E-state index contributed by atoms with van der Waals surface area (Å²) in [5.41, 5.74) is 11.7. The molecule has 5 N–H and O–H groups in total. The van der Waals surface area contributed by atoms with Crippen LogP contribution in [0, 0.1) is 0 Å². The molecule has 0 fully saturated rings. The lowest BCUT2D eigenvalue weighted by Crippen LogP contribution is -2.19. The summed E-state index contributed by atoms with van der Waals surface area (Å²) in [6.07, 6.45) is 0. The first-order valence-corrected chi connectivity index (χ1v) is 4.55. The Balaban J connectivity index is 2.43. The number of hydrogen-bond acceptors (Lipinski definition) is 4. The SMILES string of the molecule is NC(=O)Nc1ccccc1-c1cc(N)no1.